The summed E-state index contributed by atoms with van der Waals surface area (Å²) in [7, 11) is 0. The van der Waals surface area contributed by atoms with E-state index in [0.717, 1.165) is 16.9 Å². The van der Waals surface area contributed by atoms with Crippen molar-refractivity contribution in [1.29, 1.82) is 0 Å². The molecule has 0 unspecified atom stereocenters. The minimum absolute atomic E-state index is 0.166. The molecule has 0 atom stereocenters. The summed E-state index contributed by atoms with van der Waals surface area (Å²) in [5.74, 6) is -0.278. The number of hydrogen-bond acceptors (Lipinski definition) is 2. The van der Waals surface area contributed by atoms with Gasteiger partial charge in [0.1, 0.15) is 5.56 Å². The van der Waals surface area contributed by atoms with Crippen LogP contribution in [0.4, 0.5) is 5.69 Å². The molecular formula is C16H18N2O2. The van der Waals surface area contributed by atoms with Crippen molar-refractivity contribution >= 4 is 11.6 Å². The van der Waals surface area contributed by atoms with Gasteiger partial charge in [0, 0.05) is 30.2 Å². The van der Waals surface area contributed by atoms with E-state index in [1.807, 2.05) is 38.1 Å². The second-order valence-electron chi connectivity index (χ2n) is 4.78. The summed E-state index contributed by atoms with van der Waals surface area (Å²) in [4.78, 5) is 29.0. The molecule has 1 heterocycles. The molecule has 0 saturated carbocycles. The summed E-state index contributed by atoms with van der Waals surface area (Å²) >= 11 is 0. The second kappa shape index (κ2) is 5.74. The Kier molecular flexibility index (Phi) is 4.03. The molecule has 0 radical (unpaired) electrons. The zero-order valence-corrected chi connectivity index (χ0v) is 11.9. The third kappa shape index (κ3) is 2.79. The van der Waals surface area contributed by atoms with Gasteiger partial charge in [-0.3, -0.25) is 9.59 Å². The Morgan fingerprint density at radius 2 is 2.00 bits per heavy atom. The molecule has 0 saturated heterocycles. The molecule has 2 aromatic rings. The summed E-state index contributed by atoms with van der Waals surface area (Å²) in [5, 5.41) is 0. The van der Waals surface area contributed by atoms with Crippen LogP contribution in [0.1, 0.15) is 28.5 Å². The third-order valence-electron chi connectivity index (χ3n) is 3.16. The molecular weight excluding hydrogens is 252 g/mol. The fraction of sp³-hybridized carbons (Fsp3) is 0.250. The maximum Gasteiger partial charge on any atom is 0.263 e. The fourth-order valence-corrected chi connectivity index (χ4v) is 2.13. The van der Waals surface area contributed by atoms with Gasteiger partial charge in [0.05, 0.1) is 0 Å². The lowest BCUT2D eigenvalue weighted by atomic mass is 10.1. The number of rotatable bonds is 3. The Morgan fingerprint density at radius 3 is 2.60 bits per heavy atom. The molecule has 0 spiro atoms. The van der Waals surface area contributed by atoms with E-state index in [-0.39, 0.29) is 16.9 Å². The number of nitrogens with one attached hydrogen (secondary N) is 1. The quantitative estimate of drug-likeness (QED) is 0.932. The van der Waals surface area contributed by atoms with Crippen molar-refractivity contribution < 1.29 is 4.79 Å². The minimum Gasteiger partial charge on any atom is -0.364 e. The molecule has 0 fully saturated rings. The van der Waals surface area contributed by atoms with Gasteiger partial charge < -0.3 is 9.88 Å². The first-order valence-corrected chi connectivity index (χ1v) is 6.60. The maximum atomic E-state index is 12.5. The van der Waals surface area contributed by atoms with Gasteiger partial charge >= 0.3 is 0 Å². The van der Waals surface area contributed by atoms with Crippen molar-refractivity contribution in [3.8, 4) is 0 Å². The molecule has 1 amide bonds. The molecule has 2 rings (SSSR count). The van der Waals surface area contributed by atoms with E-state index in [1.165, 1.54) is 12.3 Å². The van der Waals surface area contributed by atoms with Crippen LogP contribution in [0.3, 0.4) is 0 Å². The smallest absolute Gasteiger partial charge is 0.263 e. The maximum absolute atomic E-state index is 12.5. The molecule has 4 nitrogen and oxygen atoms in total. The van der Waals surface area contributed by atoms with Crippen LogP contribution < -0.4 is 10.3 Å². The van der Waals surface area contributed by atoms with Crippen LogP contribution in [0.15, 0.2) is 41.3 Å². The SMILES string of the molecule is CCN(C(=O)c1c[nH]c(C)cc1=O)c1cccc(C)c1. The van der Waals surface area contributed by atoms with Crippen LogP contribution >= 0.6 is 0 Å². The number of pyridine rings is 1. The molecule has 0 bridgehead atoms. The van der Waals surface area contributed by atoms with E-state index >= 15 is 0 Å². The van der Waals surface area contributed by atoms with Crippen molar-refractivity contribution in [3.63, 3.8) is 0 Å². The van der Waals surface area contributed by atoms with Gasteiger partial charge in [0.25, 0.3) is 5.91 Å². The van der Waals surface area contributed by atoms with E-state index < -0.39 is 0 Å². The number of benzene rings is 1. The average molecular weight is 270 g/mol. The first-order chi connectivity index (χ1) is 9.52. The molecule has 104 valence electrons. The predicted molar refractivity (Wildman–Crippen MR) is 80.3 cm³/mol. The van der Waals surface area contributed by atoms with Gasteiger partial charge in [-0.1, -0.05) is 12.1 Å². The Morgan fingerprint density at radius 1 is 1.25 bits per heavy atom. The number of hydrogen-bond donors (Lipinski definition) is 1. The highest BCUT2D eigenvalue weighted by Gasteiger charge is 2.18. The molecule has 0 aliphatic heterocycles. The van der Waals surface area contributed by atoms with E-state index in [0.29, 0.717) is 6.54 Å². The molecule has 1 aromatic heterocycles. The number of carbonyl (C=O) groups excluding carboxylic acids is 1. The van der Waals surface area contributed by atoms with E-state index in [9.17, 15) is 9.59 Å². The highest BCUT2D eigenvalue weighted by atomic mass is 16.2. The zero-order valence-electron chi connectivity index (χ0n) is 11.9. The van der Waals surface area contributed by atoms with Crippen molar-refractivity contribution in [3.05, 3.63) is 63.6 Å². The predicted octanol–water partition coefficient (Wildman–Crippen LogP) is 2.66. The molecule has 0 aliphatic carbocycles. The van der Waals surface area contributed by atoms with Crippen LogP contribution in [-0.2, 0) is 0 Å². The van der Waals surface area contributed by atoms with Crippen LogP contribution in [-0.4, -0.2) is 17.4 Å². The Balaban J connectivity index is 2.41. The average Bonchev–Trinajstić information content (AvgIpc) is 2.39. The Bertz CT molecular complexity index is 689. The molecule has 1 aromatic carbocycles. The number of aromatic amines is 1. The zero-order chi connectivity index (χ0) is 14.7. The minimum atomic E-state index is -0.278. The number of carbonyl (C=O) groups is 1. The molecule has 0 aliphatic rings. The van der Waals surface area contributed by atoms with E-state index in [1.54, 1.807) is 11.8 Å². The lowest BCUT2D eigenvalue weighted by Crippen LogP contribution is -2.34. The summed E-state index contributed by atoms with van der Waals surface area (Å²) < 4.78 is 0. The summed E-state index contributed by atoms with van der Waals surface area (Å²) in [6.07, 6.45) is 1.48. The van der Waals surface area contributed by atoms with Gasteiger partial charge in [0.2, 0.25) is 0 Å². The highest BCUT2D eigenvalue weighted by Crippen LogP contribution is 2.17. The largest absolute Gasteiger partial charge is 0.364 e. The van der Waals surface area contributed by atoms with Crippen LogP contribution in [0.2, 0.25) is 0 Å². The number of anilines is 1. The van der Waals surface area contributed by atoms with E-state index in [2.05, 4.69) is 4.98 Å². The first kappa shape index (κ1) is 14.1. The topological polar surface area (TPSA) is 53.2 Å². The number of amides is 1. The fourth-order valence-electron chi connectivity index (χ4n) is 2.13. The number of aromatic nitrogens is 1. The summed E-state index contributed by atoms with van der Waals surface area (Å²) in [6.45, 7) is 6.16. The van der Waals surface area contributed by atoms with Crippen LogP contribution in [0, 0.1) is 13.8 Å². The Hall–Kier alpha value is -2.36. The van der Waals surface area contributed by atoms with Crippen molar-refractivity contribution in [2.45, 2.75) is 20.8 Å². The van der Waals surface area contributed by atoms with Crippen molar-refractivity contribution in [1.82, 2.24) is 4.98 Å². The Labute approximate surface area is 118 Å². The van der Waals surface area contributed by atoms with Gasteiger partial charge in [-0.2, -0.15) is 0 Å². The number of H-pyrrole nitrogens is 1. The van der Waals surface area contributed by atoms with Crippen LogP contribution in [0.5, 0.6) is 0 Å². The van der Waals surface area contributed by atoms with Gasteiger partial charge in [-0.05, 0) is 38.5 Å². The highest BCUT2D eigenvalue weighted by molar-refractivity contribution is 6.05. The summed E-state index contributed by atoms with van der Waals surface area (Å²) in [5.41, 5.74) is 2.53. The van der Waals surface area contributed by atoms with E-state index in [4.69, 9.17) is 0 Å². The molecule has 20 heavy (non-hydrogen) atoms. The second-order valence-corrected chi connectivity index (χ2v) is 4.78. The normalized spacial score (nSPS) is 10.3. The van der Waals surface area contributed by atoms with Gasteiger partial charge in [0.15, 0.2) is 5.43 Å². The molecule has 1 N–H and O–H groups in total. The first-order valence-electron chi connectivity index (χ1n) is 6.60. The lowest BCUT2D eigenvalue weighted by Gasteiger charge is -2.21. The van der Waals surface area contributed by atoms with Crippen molar-refractivity contribution in [2.24, 2.45) is 0 Å². The lowest BCUT2D eigenvalue weighted by molar-refractivity contribution is 0.0987. The number of nitrogens with zero attached hydrogens (tertiary/aromatic N) is 1. The van der Waals surface area contributed by atoms with Crippen molar-refractivity contribution in [2.75, 3.05) is 11.4 Å². The summed E-state index contributed by atoms with van der Waals surface area (Å²) in [6, 6.07) is 9.12. The monoisotopic (exact) mass is 270 g/mol. The number of aryl methyl sites for hydroxylation is 2. The van der Waals surface area contributed by atoms with Gasteiger partial charge in [-0.15, -0.1) is 0 Å². The molecule has 4 heteroatoms. The van der Waals surface area contributed by atoms with Crippen LogP contribution in [0.25, 0.3) is 0 Å². The van der Waals surface area contributed by atoms with Gasteiger partial charge in [-0.25, -0.2) is 0 Å². The standard InChI is InChI=1S/C16H18N2O2/c1-4-18(13-7-5-6-11(2)8-13)16(20)14-10-17-12(3)9-15(14)19/h5-10H,4H2,1-3H3,(H,17,19). The third-order valence-corrected chi connectivity index (χ3v) is 3.16.